The Morgan fingerprint density at radius 3 is 2.33 bits per heavy atom. The van der Waals surface area contributed by atoms with Crippen LogP contribution in [-0.4, -0.2) is 0 Å². The molecule has 0 saturated heterocycles. The first-order valence-corrected chi connectivity index (χ1v) is 2.31. The highest BCUT2D eigenvalue weighted by Gasteiger charge is 2.03. The van der Waals surface area contributed by atoms with Crippen LogP contribution in [0, 0.1) is 20.6 Å². The number of aryl methyl sites for hydroxylation is 3. The van der Waals surface area contributed by atoms with Gasteiger partial charge in [-0.3, -0.25) is 0 Å². The lowest BCUT2D eigenvalue weighted by atomic mass is 10.2. The molecule has 0 saturated carbocycles. The SMILES string of the molecule is [2H]C([2H])([2H])c1cc(C([2H])([2H])[2H])[o+]c(C([2H])([2H])[2H])c1. The fourth-order valence-corrected chi connectivity index (χ4v) is 0.502. The normalized spacial score (nSPS) is 28.7. The van der Waals surface area contributed by atoms with Crippen molar-refractivity contribution in [3.8, 4) is 0 Å². The quantitative estimate of drug-likeness (QED) is 0.494. The van der Waals surface area contributed by atoms with Crippen molar-refractivity contribution in [1.82, 2.24) is 0 Å². The Morgan fingerprint density at radius 1 is 1.22 bits per heavy atom. The molecule has 0 aliphatic carbocycles. The van der Waals surface area contributed by atoms with Gasteiger partial charge in [0.15, 0.2) is 0 Å². The minimum atomic E-state index is -2.71. The van der Waals surface area contributed by atoms with Gasteiger partial charge in [0.25, 0.3) is 0 Å². The van der Waals surface area contributed by atoms with E-state index in [-0.39, 0.29) is 5.56 Å². The maximum atomic E-state index is 7.20. The van der Waals surface area contributed by atoms with Crippen molar-refractivity contribution in [1.29, 1.82) is 0 Å². The van der Waals surface area contributed by atoms with Crippen molar-refractivity contribution in [2.45, 2.75) is 20.6 Å². The summed E-state index contributed by atoms with van der Waals surface area (Å²) in [5.41, 5.74) is -0.369. The summed E-state index contributed by atoms with van der Waals surface area (Å²) in [6, 6.07) is 1.68. The molecule has 1 aromatic rings. The zero-order chi connectivity index (χ0) is 14.4. The van der Waals surface area contributed by atoms with Gasteiger partial charge in [-0.05, 0) is 12.4 Å². The molecule has 48 valence electrons. The summed E-state index contributed by atoms with van der Waals surface area (Å²) < 4.78 is 69.3. The van der Waals surface area contributed by atoms with E-state index in [1.165, 1.54) is 0 Å². The first-order chi connectivity index (χ1) is 7.82. The fourth-order valence-electron chi connectivity index (χ4n) is 0.502. The van der Waals surface area contributed by atoms with E-state index >= 15 is 0 Å². The van der Waals surface area contributed by atoms with Crippen LogP contribution >= 0.6 is 0 Å². The van der Waals surface area contributed by atoms with Crippen LogP contribution in [0.4, 0.5) is 0 Å². The maximum Gasteiger partial charge on any atom is 0.326 e. The van der Waals surface area contributed by atoms with Gasteiger partial charge in [0, 0.05) is 24.5 Å². The topological polar surface area (TPSA) is 11.3 Å². The lowest BCUT2D eigenvalue weighted by Gasteiger charge is -1.84. The van der Waals surface area contributed by atoms with E-state index in [1.54, 1.807) is 0 Å². The molecule has 0 bridgehead atoms. The van der Waals surface area contributed by atoms with E-state index in [1.807, 2.05) is 0 Å². The van der Waals surface area contributed by atoms with E-state index in [9.17, 15) is 0 Å². The van der Waals surface area contributed by atoms with E-state index < -0.39 is 32.1 Å². The minimum Gasteiger partial charge on any atom is -0.218 e. The highest BCUT2D eigenvalue weighted by atomic mass is 16.3. The van der Waals surface area contributed by atoms with Crippen LogP contribution in [0.5, 0.6) is 0 Å². The summed E-state index contributed by atoms with van der Waals surface area (Å²) in [6.07, 6.45) is 0. The molecule has 0 spiro atoms. The molecule has 0 amide bonds. The predicted octanol–water partition coefficient (Wildman–Crippen LogP) is 2.49. The molecular formula is C8H11O+. The van der Waals surface area contributed by atoms with Gasteiger partial charge in [-0.1, -0.05) is 0 Å². The summed E-state index contributed by atoms with van der Waals surface area (Å²) in [7, 11) is 0. The lowest BCUT2D eigenvalue weighted by Crippen LogP contribution is -1.78. The standard InChI is InChI=1S/C8H11O/c1-6-4-7(2)9-8(3)5-6/h4-5H,1-3H3/q+1/i1D3,2D3,3D3. The van der Waals surface area contributed by atoms with Crippen LogP contribution in [0.25, 0.3) is 0 Å². The van der Waals surface area contributed by atoms with Crippen LogP contribution in [-0.2, 0) is 0 Å². The molecule has 1 nitrogen and oxygen atoms in total. The van der Waals surface area contributed by atoms with E-state index in [0.717, 1.165) is 12.1 Å². The Balaban J connectivity index is 3.49. The summed E-state index contributed by atoms with van der Waals surface area (Å²) in [5.74, 6) is -1.30. The Labute approximate surface area is 68.0 Å². The van der Waals surface area contributed by atoms with Gasteiger partial charge in [0.05, 0.1) is 13.7 Å². The molecule has 1 aromatic heterocycles. The Bertz CT molecular complexity index is 360. The van der Waals surface area contributed by atoms with Gasteiger partial charge in [-0.15, -0.1) is 0 Å². The van der Waals surface area contributed by atoms with Gasteiger partial charge in [0.2, 0.25) is 0 Å². The molecule has 0 radical (unpaired) electrons. The van der Waals surface area contributed by atoms with Crippen molar-refractivity contribution in [3.63, 3.8) is 0 Å². The molecule has 0 N–H and O–H groups in total. The third kappa shape index (κ3) is 1.53. The summed E-state index contributed by atoms with van der Waals surface area (Å²) in [6.45, 7) is -8.01. The van der Waals surface area contributed by atoms with Crippen LogP contribution in [0.15, 0.2) is 16.5 Å². The van der Waals surface area contributed by atoms with Gasteiger partial charge in [-0.2, -0.15) is 0 Å². The third-order valence-electron chi connectivity index (χ3n) is 0.793. The van der Waals surface area contributed by atoms with E-state index in [0.29, 0.717) is 0 Å². The molecule has 0 atom stereocenters. The Hall–Kier alpha value is -0.850. The predicted molar refractivity (Wildman–Crippen MR) is 37.3 cm³/mol. The fraction of sp³-hybridized carbons (Fsp3) is 0.375. The Kier molecular flexibility index (Phi) is 0.342. The van der Waals surface area contributed by atoms with Crippen molar-refractivity contribution >= 4 is 0 Å². The van der Waals surface area contributed by atoms with Gasteiger partial charge >= 0.3 is 11.5 Å². The van der Waals surface area contributed by atoms with E-state index in [2.05, 4.69) is 0 Å². The molecule has 0 fully saturated rings. The highest BCUT2D eigenvalue weighted by molar-refractivity contribution is 5.14. The van der Waals surface area contributed by atoms with Crippen molar-refractivity contribution < 1.29 is 16.8 Å². The first-order valence-electron chi connectivity index (χ1n) is 6.81. The van der Waals surface area contributed by atoms with Gasteiger partial charge in [-0.25, -0.2) is 4.42 Å². The Morgan fingerprint density at radius 2 is 1.89 bits per heavy atom. The largest absolute Gasteiger partial charge is 0.326 e. The van der Waals surface area contributed by atoms with E-state index in [4.69, 9.17) is 16.8 Å². The summed E-state index contributed by atoms with van der Waals surface area (Å²) >= 11 is 0. The van der Waals surface area contributed by atoms with Crippen LogP contribution in [0.3, 0.4) is 0 Å². The molecule has 9 heavy (non-hydrogen) atoms. The second-order valence-corrected chi connectivity index (χ2v) is 1.57. The summed E-state index contributed by atoms with van der Waals surface area (Å²) in [5, 5.41) is 0. The van der Waals surface area contributed by atoms with Crippen molar-refractivity contribution in [2.75, 3.05) is 0 Å². The minimum absolute atomic E-state index is 0.369. The molecule has 0 aromatic carbocycles. The third-order valence-corrected chi connectivity index (χ3v) is 0.793. The van der Waals surface area contributed by atoms with Crippen LogP contribution in [0.2, 0.25) is 0 Å². The molecule has 0 aliphatic heterocycles. The van der Waals surface area contributed by atoms with Crippen LogP contribution < -0.4 is 0 Å². The summed E-state index contributed by atoms with van der Waals surface area (Å²) in [4.78, 5) is 0. The molecule has 0 aliphatic rings. The van der Waals surface area contributed by atoms with Crippen molar-refractivity contribution in [3.05, 3.63) is 29.2 Å². The second kappa shape index (κ2) is 2.18. The second-order valence-electron chi connectivity index (χ2n) is 1.57. The number of rotatable bonds is 0. The molecular weight excluding hydrogens is 112 g/mol. The monoisotopic (exact) mass is 132 g/mol. The zero-order valence-electron chi connectivity index (χ0n) is 13.6. The smallest absolute Gasteiger partial charge is 0.218 e. The average molecular weight is 132 g/mol. The maximum absolute atomic E-state index is 7.20. The molecule has 0 unspecified atom stereocenters. The van der Waals surface area contributed by atoms with Gasteiger partial charge in [0.1, 0.15) is 0 Å². The number of hydrogen-bond acceptors (Lipinski definition) is 0. The van der Waals surface area contributed by atoms with Gasteiger partial charge < -0.3 is 0 Å². The molecule has 1 heterocycles. The molecule has 1 heteroatoms. The first kappa shape index (κ1) is 1.42. The molecule has 1 rings (SSSR count). The van der Waals surface area contributed by atoms with Crippen molar-refractivity contribution in [2.24, 2.45) is 0 Å². The zero-order valence-corrected chi connectivity index (χ0v) is 4.56. The van der Waals surface area contributed by atoms with Crippen LogP contribution in [0.1, 0.15) is 29.4 Å². The highest BCUT2D eigenvalue weighted by Crippen LogP contribution is 2.06. The lowest BCUT2D eigenvalue weighted by molar-refractivity contribution is 0.484. The number of hydrogen-bond donors (Lipinski definition) is 0. The average Bonchev–Trinajstić information content (AvgIpc) is 2.13.